The van der Waals surface area contributed by atoms with Gasteiger partial charge >= 0.3 is 34.1 Å². The van der Waals surface area contributed by atoms with Crippen molar-refractivity contribution >= 4 is 0 Å². The Balaban J connectivity index is 0. The van der Waals surface area contributed by atoms with Gasteiger partial charge in [-0.3, -0.25) is 0 Å². The van der Waals surface area contributed by atoms with E-state index in [2.05, 4.69) is 0 Å². The van der Waals surface area contributed by atoms with Crippen molar-refractivity contribution in [3.05, 3.63) is 0 Å². The molecule has 0 aromatic heterocycles. The van der Waals surface area contributed by atoms with E-state index < -0.39 is 0 Å². The third kappa shape index (κ3) is 95.0. The molecule has 0 spiro atoms. The van der Waals surface area contributed by atoms with E-state index in [1.165, 1.54) is 0 Å². The molecule has 0 aromatic rings. The average Bonchev–Trinajstić information content (AvgIpc) is 0. The molecular formula is H4CuMnO4. The largest absolute Gasteiger partial charge is 2.00 e. The van der Waals surface area contributed by atoms with E-state index >= 15 is 0 Å². The molecule has 0 bridgehead atoms. The fourth-order valence-corrected chi connectivity index (χ4v) is 0. The Morgan fingerprint density at radius 1 is 0.500 bits per heavy atom. The quantitative estimate of drug-likeness (QED) is 0.464. The van der Waals surface area contributed by atoms with Crippen molar-refractivity contribution in [1.29, 1.82) is 0 Å². The maximum absolute atomic E-state index is 0. The predicted octanol–water partition coefficient (Wildman–Crippen LogP) is -0.712. The van der Waals surface area contributed by atoms with Crippen LogP contribution in [0.25, 0.3) is 0 Å². The Labute approximate surface area is 56.5 Å². The molecule has 6 heavy (non-hydrogen) atoms. The Morgan fingerprint density at radius 2 is 0.500 bits per heavy atom. The molecule has 0 aliphatic rings. The van der Waals surface area contributed by atoms with Crippen molar-refractivity contribution in [1.82, 2.24) is 0 Å². The standard InChI is InChI=1S/Cu.Mn.4H2O/h;;4*1H2/q2*+2;;;;/p-4. The van der Waals surface area contributed by atoms with Gasteiger partial charge in [0, 0.05) is 0 Å². The van der Waals surface area contributed by atoms with Gasteiger partial charge in [0.15, 0.2) is 0 Å². The zero-order valence-electron chi connectivity index (χ0n) is 2.47. The van der Waals surface area contributed by atoms with Gasteiger partial charge in [0.2, 0.25) is 0 Å². The van der Waals surface area contributed by atoms with Crippen LogP contribution in [-0.2, 0) is 34.1 Å². The van der Waals surface area contributed by atoms with E-state index in [-0.39, 0.29) is 56.0 Å². The average molecular weight is 187 g/mol. The van der Waals surface area contributed by atoms with E-state index in [0.717, 1.165) is 0 Å². The summed E-state index contributed by atoms with van der Waals surface area (Å²) in [6, 6.07) is 0. The fourth-order valence-electron chi connectivity index (χ4n) is 0. The first-order valence-electron chi connectivity index (χ1n) is 0. The molecule has 0 aliphatic carbocycles. The molecular weight excluding hydrogens is 182 g/mol. The van der Waals surface area contributed by atoms with Gasteiger partial charge in [0.05, 0.1) is 0 Å². The van der Waals surface area contributed by atoms with Crippen LogP contribution in [0.5, 0.6) is 0 Å². The summed E-state index contributed by atoms with van der Waals surface area (Å²) in [7, 11) is 0. The summed E-state index contributed by atoms with van der Waals surface area (Å²) in [5, 5.41) is 0. The Morgan fingerprint density at radius 3 is 0.500 bits per heavy atom. The maximum Gasteiger partial charge on any atom is 2.00 e. The summed E-state index contributed by atoms with van der Waals surface area (Å²) in [4.78, 5) is 0. The van der Waals surface area contributed by atoms with Crippen LogP contribution in [0.1, 0.15) is 0 Å². The van der Waals surface area contributed by atoms with Crippen molar-refractivity contribution in [3.63, 3.8) is 0 Å². The summed E-state index contributed by atoms with van der Waals surface area (Å²) in [5.41, 5.74) is 0. The topological polar surface area (TPSA) is 120 Å². The van der Waals surface area contributed by atoms with Gasteiger partial charge in [-0.25, -0.2) is 0 Å². The molecule has 46 valence electrons. The zero-order valence-corrected chi connectivity index (χ0v) is 4.59. The van der Waals surface area contributed by atoms with Crippen LogP contribution in [-0.4, -0.2) is 21.9 Å². The molecule has 0 amide bonds. The monoisotopic (exact) mass is 186 g/mol. The SMILES string of the molecule is [Cu+2].[Mn+2].[OH-].[OH-].[OH-].[OH-]. The van der Waals surface area contributed by atoms with Crippen LogP contribution in [0.15, 0.2) is 0 Å². The molecule has 0 saturated heterocycles. The van der Waals surface area contributed by atoms with Crippen molar-refractivity contribution in [2.45, 2.75) is 0 Å². The van der Waals surface area contributed by atoms with Crippen LogP contribution in [0.2, 0.25) is 0 Å². The molecule has 6 heteroatoms. The number of hydrogen-bond donors (Lipinski definition) is 0. The summed E-state index contributed by atoms with van der Waals surface area (Å²) >= 11 is 0. The van der Waals surface area contributed by atoms with E-state index in [1.54, 1.807) is 0 Å². The van der Waals surface area contributed by atoms with Gasteiger partial charge in [-0.15, -0.1) is 0 Å². The van der Waals surface area contributed by atoms with Crippen LogP contribution in [0.4, 0.5) is 0 Å². The van der Waals surface area contributed by atoms with Gasteiger partial charge in [0.25, 0.3) is 0 Å². The number of rotatable bonds is 0. The summed E-state index contributed by atoms with van der Waals surface area (Å²) < 4.78 is 0. The molecule has 0 aliphatic heterocycles. The molecule has 0 aromatic carbocycles. The van der Waals surface area contributed by atoms with Crippen molar-refractivity contribution in [2.24, 2.45) is 0 Å². The Kier molecular flexibility index (Phi) is 9290. The molecule has 4 nitrogen and oxygen atoms in total. The van der Waals surface area contributed by atoms with E-state index in [0.29, 0.717) is 0 Å². The van der Waals surface area contributed by atoms with Crippen molar-refractivity contribution in [3.8, 4) is 0 Å². The maximum atomic E-state index is 0. The second kappa shape index (κ2) is 181. The minimum atomic E-state index is 0. The molecule has 0 heterocycles. The van der Waals surface area contributed by atoms with E-state index in [4.69, 9.17) is 0 Å². The molecule has 0 saturated carbocycles. The van der Waals surface area contributed by atoms with Gasteiger partial charge < -0.3 is 21.9 Å². The predicted molar refractivity (Wildman–Crippen MR) is 7.74 cm³/mol. The first kappa shape index (κ1) is 308. The Hall–Kier alpha value is 0.879. The molecule has 0 fully saturated rings. The Bertz CT molecular complexity index is 7.51. The van der Waals surface area contributed by atoms with Crippen molar-refractivity contribution in [2.75, 3.05) is 0 Å². The summed E-state index contributed by atoms with van der Waals surface area (Å²) in [6.07, 6.45) is 0. The zero-order chi connectivity index (χ0) is 0. The van der Waals surface area contributed by atoms with Crippen molar-refractivity contribution < 1.29 is 56.0 Å². The first-order valence-corrected chi connectivity index (χ1v) is 0. The third-order valence-corrected chi connectivity index (χ3v) is 0. The smallest absolute Gasteiger partial charge is 0.870 e. The van der Waals surface area contributed by atoms with Crippen LogP contribution >= 0.6 is 0 Å². The van der Waals surface area contributed by atoms with Crippen LogP contribution in [0.3, 0.4) is 0 Å². The minimum Gasteiger partial charge on any atom is -0.870 e. The second-order valence-corrected chi connectivity index (χ2v) is 0. The van der Waals surface area contributed by atoms with E-state index in [9.17, 15) is 0 Å². The minimum absolute atomic E-state index is 0. The van der Waals surface area contributed by atoms with Crippen LogP contribution < -0.4 is 0 Å². The van der Waals surface area contributed by atoms with Crippen LogP contribution in [0, 0.1) is 0 Å². The summed E-state index contributed by atoms with van der Waals surface area (Å²) in [5.74, 6) is 0. The molecule has 4 N–H and O–H groups in total. The van der Waals surface area contributed by atoms with E-state index in [1.807, 2.05) is 0 Å². The normalized spacial score (nSPS) is 0. The molecule has 0 unspecified atom stereocenters. The summed E-state index contributed by atoms with van der Waals surface area (Å²) in [6.45, 7) is 0. The number of hydrogen-bond acceptors (Lipinski definition) is 4. The fraction of sp³-hybridized carbons (Fsp3) is 0. The van der Waals surface area contributed by atoms with Gasteiger partial charge in [-0.1, -0.05) is 0 Å². The molecule has 2 radical (unpaired) electrons. The van der Waals surface area contributed by atoms with Gasteiger partial charge in [-0.05, 0) is 0 Å². The third-order valence-electron chi connectivity index (χ3n) is 0. The van der Waals surface area contributed by atoms with Gasteiger partial charge in [-0.2, -0.15) is 0 Å². The molecule has 0 rings (SSSR count). The molecule has 0 atom stereocenters. The second-order valence-electron chi connectivity index (χ2n) is 0. The first-order chi connectivity index (χ1) is 0. The van der Waals surface area contributed by atoms with Gasteiger partial charge in [0.1, 0.15) is 0 Å².